The predicted molar refractivity (Wildman–Crippen MR) is 111 cm³/mol. The number of carbonyl (C=O) groups excluding carboxylic acids is 3. The van der Waals surface area contributed by atoms with E-state index in [4.69, 9.17) is 9.47 Å². The number of esters is 1. The monoisotopic (exact) mass is 396 g/mol. The van der Waals surface area contributed by atoms with E-state index in [9.17, 15) is 14.4 Å². The molecule has 7 heteroatoms. The van der Waals surface area contributed by atoms with E-state index in [0.29, 0.717) is 23.6 Å². The molecule has 0 unspecified atom stereocenters. The van der Waals surface area contributed by atoms with Crippen molar-refractivity contribution in [3.8, 4) is 5.75 Å². The van der Waals surface area contributed by atoms with Crippen molar-refractivity contribution in [2.45, 2.75) is 6.92 Å². The molecule has 0 bridgehead atoms. The van der Waals surface area contributed by atoms with Gasteiger partial charge in [-0.15, -0.1) is 0 Å². The van der Waals surface area contributed by atoms with Crippen molar-refractivity contribution in [2.24, 2.45) is 0 Å². The summed E-state index contributed by atoms with van der Waals surface area (Å²) in [5, 5.41) is 2.69. The lowest BCUT2D eigenvalue weighted by Gasteiger charge is -2.15. The van der Waals surface area contributed by atoms with Crippen molar-refractivity contribution in [1.82, 2.24) is 4.90 Å². The zero-order valence-electron chi connectivity index (χ0n) is 16.7. The number of rotatable bonds is 8. The second kappa shape index (κ2) is 10.7. The predicted octanol–water partition coefficient (Wildman–Crippen LogP) is 2.98. The Balaban J connectivity index is 1.88. The summed E-state index contributed by atoms with van der Waals surface area (Å²) < 4.78 is 10.1. The third kappa shape index (κ3) is 6.80. The van der Waals surface area contributed by atoms with Gasteiger partial charge in [0.05, 0.1) is 25.8 Å². The fourth-order valence-corrected chi connectivity index (χ4v) is 2.44. The molecule has 152 valence electrons. The van der Waals surface area contributed by atoms with Gasteiger partial charge in [0.1, 0.15) is 5.75 Å². The second-order valence-corrected chi connectivity index (χ2v) is 6.15. The van der Waals surface area contributed by atoms with Crippen molar-refractivity contribution in [3.05, 3.63) is 65.7 Å². The molecule has 29 heavy (non-hydrogen) atoms. The second-order valence-electron chi connectivity index (χ2n) is 6.15. The molecule has 2 aromatic carbocycles. The lowest BCUT2D eigenvalue weighted by Crippen LogP contribution is -2.33. The van der Waals surface area contributed by atoms with Crippen LogP contribution in [0.4, 0.5) is 5.69 Å². The molecular formula is C22H24N2O5. The van der Waals surface area contributed by atoms with E-state index in [1.165, 1.54) is 11.0 Å². The molecule has 0 spiro atoms. The van der Waals surface area contributed by atoms with Crippen LogP contribution in [-0.4, -0.2) is 50.0 Å². The quantitative estimate of drug-likeness (QED) is 0.548. The Morgan fingerprint density at radius 1 is 1.10 bits per heavy atom. The molecule has 2 aromatic rings. The zero-order chi connectivity index (χ0) is 21.2. The van der Waals surface area contributed by atoms with Gasteiger partial charge in [-0.25, -0.2) is 4.79 Å². The average molecular weight is 396 g/mol. The summed E-state index contributed by atoms with van der Waals surface area (Å²) in [4.78, 5) is 37.3. The maximum Gasteiger partial charge on any atom is 0.338 e. The normalized spacial score (nSPS) is 10.4. The van der Waals surface area contributed by atoms with Gasteiger partial charge in [0.25, 0.3) is 0 Å². The maximum absolute atomic E-state index is 12.2. The first-order chi connectivity index (χ1) is 13.9. The maximum atomic E-state index is 12.2. The summed E-state index contributed by atoms with van der Waals surface area (Å²) in [5.41, 5.74) is 1.74. The van der Waals surface area contributed by atoms with Crippen LogP contribution in [0.3, 0.4) is 0 Å². The van der Waals surface area contributed by atoms with Crippen LogP contribution in [0.25, 0.3) is 6.08 Å². The Labute approximate surface area is 169 Å². The smallest absolute Gasteiger partial charge is 0.338 e. The number of amides is 2. The van der Waals surface area contributed by atoms with Gasteiger partial charge in [0.2, 0.25) is 11.8 Å². The van der Waals surface area contributed by atoms with Crippen LogP contribution >= 0.6 is 0 Å². The summed E-state index contributed by atoms with van der Waals surface area (Å²) in [6.07, 6.45) is 3.06. The van der Waals surface area contributed by atoms with Crippen molar-refractivity contribution >= 4 is 29.5 Å². The number of nitrogens with zero attached hydrogens (tertiary/aromatic N) is 1. The van der Waals surface area contributed by atoms with Crippen LogP contribution in [0.5, 0.6) is 5.75 Å². The first kappa shape index (κ1) is 21.7. The lowest BCUT2D eigenvalue weighted by molar-refractivity contribution is -0.129. The number of nitrogens with one attached hydrogen (secondary N) is 1. The minimum atomic E-state index is -0.418. The summed E-state index contributed by atoms with van der Waals surface area (Å²) >= 11 is 0. The molecular weight excluding hydrogens is 372 g/mol. The molecule has 0 fully saturated rings. The van der Waals surface area contributed by atoms with Crippen molar-refractivity contribution in [2.75, 3.05) is 32.6 Å². The Hall–Kier alpha value is -3.61. The first-order valence-electron chi connectivity index (χ1n) is 9.07. The molecule has 0 aliphatic rings. The van der Waals surface area contributed by atoms with Crippen LogP contribution in [0, 0.1) is 0 Å². The lowest BCUT2D eigenvalue weighted by atomic mass is 10.2. The molecule has 1 N–H and O–H groups in total. The van der Waals surface area contributed by atoms with E-state index in [-0.39, 0.29) is 18.4 Å². The summed E-state index contributed by atoms with van der Waals surface area (Å²) in [6, 6.07) is 13.6. The van der Waals surface area contributed by atoms with Crippen LogP contribution in [-0.2, 0) is 14.3 Å². The number of carbonyl (C=O) groups is 3. The summed E-state index contributed by atoms with van der Waals surface area (Å²) in [7, 11) is 3.12. The van der Waals surface area contributed by atoms with E-state index >= 15 is 0 Å². The van der Waals surface area contributed by atoms with Crippen LogP contribution in [0.1, 0.15) is 22.8 Å². The topological polar surface area (TPSA) is 84.9 Å². The molecule has 2 rings (SSSR count). The van der Waals surface area contributed by atoms with Gasteiger partial charge in [-0.3, -0.25) is 9.59 Å². The van der Waals surface area contributed by atoms with Crippen LogP contribution in [0.2, 0.25) is 0 Å². The van der Waals surface area contributed by atoms with Crippen LogP contribution < -0.4 is 10.1 Å². The van der Waals surface area contributed by atoms with Crippen LogP contribution in [0.15, 0.2) is 54.6 Å². The largest absolute Gasteiger partial charge is 0.497 e. The third-order valence-corrected chi connectivity index (χ3v) is 3.95. The third-order valence-electron chi connectivity index (χ3n) is 3.95. The molecule has 0 saturated heterocycles. The fourth-order valence-electron chi connectivity index (χ4n) is 2.44. The van der Waals surface area contributed by atoms with E-state index in [2.05, 4.69) is 5.32 Å². The summed E-state index contributed by atoms with van der Waals surface area (Å²) in [6.45, 7) is 1.92. The number of anilines is 1. The fraction of sp³-hybridized carbons (Fsp3) is 0.227. The van der Waals surface area contributed by atoms with Gasteiger partial charge in [0.15, 0.2) is 0 Å². The van der Waals surface area contributed by atoms with E-state index in [1.54, 1.807) is 57.5 Å². The molecule has 0 saturated carbocycles. The molecule has 0 aromatic heterocycles. The Kier molecular flexibility index (Phi) is 7.97. The number of methoxy groups -OCH3 is 1. The zero-order valence-corrected chi connectivity index (χ0v) is 16.7. The minimum Gasteiger partial charge on any atom is -0.497 e. The molecule has 7 nitrogen and oxygen atoms in total. The van der Waals surface area contributed by atoms with Crippen molar-refractivity contribution < 1.29 is 23.9 Å². The Bertz CT molecular complexity index is 890. The van der Waals surface area contributed by atoms with Gasteiger partial charge in [0, 0.05) is 18.8 Å². The van der Waals surface area contributed by atoms with E-state index in [1.807, 2.05) is 18.2 Å². The number of likely N-dealkylation sites (N-methyl/N-ethyl adjacent to an activating group) is 1. The molecule has 2 amide bonds. The van der Waals surface area contributed by atoms with Crippen molar-refractivity contribution in [3.63, 3.8) is 0 Å². The average Bonchev–Trinajstić information content (AvgIpc) is 2.72. The van der Waals surface area contributed by atoms with Gasteiger partial charge in [-0.05, 0) is 55.0 Å². The summed E-state index contributed by atoms with van der Waals surface area (Å²) in [5.74, 6) is -0.375. The van der Waals surface area contributed by atoms with Crippen molar-refractivity contribution in [1.29, 1.82) is 0 Å². The minimum absolute atomic E-state index is 0.110. The highest BCUT2D eigenvalue weighted by Gasteiger charge is 2.12. The number of benzene rings is 2. The number of hydrogen-bond acceptors (Lipinski definition) is 5. The first-order valence-corrected chi connectivity index (χ1v) is 9.07. The Morgan fingerprint density at radius 2 is 1.83 bits per heavy atom. The van der Waals surface area contributed by atoms with Gasteiger partial charge >= 0.3 is 5.97 Å². The molecule has 0 aliphatic carbocycles. The molecule has 0 heterocycles. The SMILES string of the molecule is CCOC(=O)c1ccc(NC(=O)CN(C)C(=O)/C=C/c2cccc(OC)c2)cc1. The highest BCUT2D eigenvalue weighted by molar-refractivity contribution is 5.98. The van der Waals surface area contributed by atoms with E-state index in [0.717, 1.165) is 5.56 Å². The van der Waals surface area contributed by atoms with Gasteiger partial charge in [-0.2, -0.15) is 0 Å². The molecule has 0 radical (unpaired) electrons. The van der Waals surface area contributed by atoms with E-state index < -0.39 is 5.97 Å². The number of ether oxygens (including phenoxy) is 2. The molecule has 0 atom stereocenters. The Morgan fingerprint density at radius 3 is 2.48 bits per heavy atom. The van der Waals surface area contributed by atoms with Gasteiger partial charge in [-0.1, -0.05) is 12.1 Å². The van der Waals surface area contributed by atoms with Gasteiger partial charge < -0.3 is 19.7 Å². The number of hydrogen-bond donors (Lipinski definition) is 1. The standard InChI is InChI=1S/C22H24N2O5/c1-4-29-22(27)17-9-11-18(12-10-17)23-20(25)15-24(2)21(26)13-8-16-6-5-7-19(14-16)28-3/h5-14H,4,15H2,1-3H3,(H,23,25)/b13-8+. The molecule has 0 aliphatic heterocycles. The highest BCUT2D eigenvalue weighted by atomic mass is 16.5. The highest BCUT2D eigenvalue weighted by Crippen LogP contribution is 2.14.